The third kappa shape index (κ3) is 4.49. The summed E-state index contributed by atoms with van der Waals surface area (Å²) >= 11 is 1.59. The molecule has 9 heteroatoms. The Balaban J connectivity index is 1.11. The normalized spacial score (nSPS) is 17.8. The number of rotatable bonds is 6. The van der Waals surface area contributed by atoms with Gasteiger partial charge in [0.2, 0.25) is 11.7 Å². The van der Waals surface area contributed by atoms with E-state index in [9.17, 15) is 4.79 Å². The summed E-state index contributed by atoms with van der Waals surface area (Å²) in [7, 11) is 0. The van der Waals surface area contributed by atoms with Crippen LogP contribution in [0.5, 0.6) is 11.5 Å². The molecule has 3 aromatic rings. The number of piperazine rings is 1. The number of carbonyl (C=O) groups excluding carboxylic acids is 1. The lowest BCUT2D eigenvalue weighted by molar-refractivity contribution is -0.135. The molecule has 1 fully saturated rings. The molecule has 0 atom stereocenters. The zero-order valence-electron chi connectivity index (χ0n) is 18.2. The van der Waals surface area contributed by atoms with Gasteiger partial charge in [-0.25, -0.2) is 0 Å². The summed E-state index contributed by atoms with van der Waals surface area (Å²) in [4.78, 5) is 22.2. The van der Waals surface area contributed by atoms with Crippen LogP contribution in [-0.4, -0.2) is 64.2 Å². The minimum atomic E-state index is -0.245. The average Bonchev–Trinajstić information content (AvgIpc) is 3.51. The second-order valence-electron chi connectivity index (χ2n) is 8.72. The Labute approximate surface area is 190 Å². The van der Waals surface area contributed by atoms with Crippen molar-refractivity contribution < 1.29 is 18.8 Å². The lowest BCUT2D eigenvalue weighted by atomic mass is 10.0. The van der Waals surface area contributed by atoms with Gasteiger partial charge in [-0.3, -0.25) is 9.69 Å². The largest absolute Gasteiger partial charge is 0.483 e. The second-order valence-corrected chi connectivity index (χ2v) is 9.67. The van der Waals surface area contributed by atoms with Crippen LogP contribution in [0.4, 0.5) is 0 Å². The van der Waals surface area contributed by atoms with Gasteiger partial charge in [0.15, 0.2) is 18.1 Å². The van der Waals surface area contributed by atoms with E-state index in [0.29, 0.717) is 37.1 Å². The minimum absolute atomic E-state index is 0.00801. The smallest absolute Gasteiger partial charge is 0.260 e. The van der Waals surface area contributed by atoms with Crippen LogP contribution >= 0.6 is 11.3 Å². The molecule has 2 aliphatic heterocycles. The number of para-hydroxylation sites is 1. The fourth-order valence-electron chi connectivity index (χ4n) is 4.10. The van der Waals surface area contributed by atoms with Gasteiger partial charge in [0.1, 0.15) is 5.60 Å². The quantitative estimate of drug-likeness (QED) is 0.566. The summed E-state index contributed by atoms with van der Waals surface area (Å²) in [5.41, 5.74) is 0.877. The number of hydrogen-bond acceptors (Lipinski definition) is 8. The Bertz CT molecular complexity index is 1090. The van der Waals surface area contributed by atoms with Crippen molar-refractivity contribution >= 4 is 17.2 Å². The van der Waals surface area contributed by atoms with Gasteiger partial charge < -0.3 is 18.9 Å². The van der Waals surface area contributed by atoms with E-state index < -0.39 is 0 Å². The molecular weight excluding hydrogens is 428 g/mol. The number of nitrogens with zero attached hydrogens (tertiary/aromatic N) is 4. The van der Waals surface area contributed by atoms with E-state index in [0.717, 1.165) is 35.7 Å². The maximum atomic E-state index is 12.7. The lowest BCUT2D eigenvalue weighted by Crippen LogP contribution is -2.49. The molecule has 0 spiro atoms. The average molecular weight is 455 g/mol. The number of thiophene rings is 1. The van der Waals surface area contributed by atoms with Crippen LogP contribution in [-0.2, 0) is 17.8 Å². The van der Waals surface area contributed by atoms with E-state index in [4.69, 9.17) is 14.0 Å². The Morgan fingerprint density at radius 2 is 2.03 bits per heavy atom. The molecule has 2 aliphatic rings. The number of benzene rings is 1. The third-order valence-corrected chi connectivity index (χ3v) is 6.57. The number of aromatic nitrogens is 2. The number of ether oxygens (including phenoxy) is 2. The first-order chi connectivity index (χ1) is 15.5. The fraction of sp³-hybridized carbons (Fsp3) is 0.435. The van der Waals surface area contributed by atoms with Crippen molar-refractivity contribution in [3.8, 4) is 22.2 Å². The van der Waals surface area contributed by atoms with Crippen LogP contribution in [0.3, 0.4) is 0 Å². The summed E-state index contributed by atoms with van der Waals surface area (Å²) in [5.74, 6) is 2.60. The predicted octanol–water partition coefficient (Wildman–Crippen LogP) is 3.23. The molecule has 0 saturated carbocycles. The van der Waals surface area contributed by atoms with Crippen molar-refractivity contribution in [2.75, 3.05) is 32.8 Å². The van der Waals surface area contributed by atoms with Gasteiger partial charge in [0, 0.05) is 38.2 Å². The number of fused-ring (bicyclic) bond motifs is 1. The van der Waals surface area contributed by atoms with Gasteiger partial charge in [-0.1, -0.05) is 23.4 Å². The Morgan fingerprint density at radius 1 is 1.19 bits per heavy atom. The van der Waals surface area contributed by atoms with Crippen LogP contribution in [0, 0.1) is 0 Å². The van der Waals surface area contributed by atoms with E-state index >= 15 is 0 Å². The zero-order valence-corrected chi connectivity index (χ0v) is 19.1. The summed E-state index contributed by atoms with van der Waals surface area (Å²) in [5, 5.41) is 6.05. The molecule has 4 heterocycles. The van der Waals surface area contributed by atoms with Crippen LogP contribution in [0.25, 0.3) is 10.7 Å². The van der Waals surface area contributed by atoms with Crippen molar-refractivity contribution in [2.24, 2.45) is 0 Å². The molecule has 0 aliphatic carbocycles. The van der Waals surface area contributed by atoms with E-state index in [-0.39, 0.29) is 18.1 Å². The molecule has 168 valence electrons. The van der Waals surface area contributed by atoms with Gasteiger partial charge in [-0.05, 0) is 31.4 Å². The first-order valence-corrected chi connectivity index (χ1v) is 11.7. The highest BCUT2D eigenvalue weighted by atomic mass is 32.1. The van der Waals surface area contributed by atoms with E-state index in [2.05, 4.69) is 28.9 Å². The van der Waals surface area contributed by atoms with E-state index in [1.54, 1.807) is 11.3 Å². The molecule has 1 amide bonds. The molecular formula is C23H26N4O4S. The second kappa shape index (κ2) is 8.55. The SMILES string of the molecule is CC1(C)Cc2cccc(OCC(=O)N3CCN(Cc4nc(-c5cccs5)no4)CC3)c2O1. The van der Waals surface area contributed by atoms with Gasteiger partial charge >= 0.3 is 0 Å². The fourth-order valence-corrected chi connectivity index (χ4v) is 4.75. The van der Waals surface area contributed by atoms with Crippen LogP contribution in [0.1, 0.15) is 25.3 Å². The minimum Gasteiger partial charge on any atom is -0.483 e. The summed E-state index contributed by atoms with van der Waals surface area (Å²) in [6, 6.07) is 9.80. The molecule has 0 radical (unpaired) electrons. The number of carbonyl (C=O) groups is 1. The monoisotopic (exact) mass is 454 g/mol. The van der Waals surface area contributed by atoms with Crippen molar-refractivity contribution in [1.29, 1.82) is 0 Å². The topological polar surface area (TPSA) is 80.9 Å². The summed E-state index contributed by atoms with van der Waals surface area (Å²) < 4.78 is 17.3. The summed E-state index contributed by atoms with van der Waals surface area (Å²) in [6.07, 6.45) is 0.838. The molecule has 1 aromatic carbocycles. The van der Waals surface area contributed by atoms with Crippen LogP contribution in [0.15, 0.2) is 40.2 Å². The van der Waals surface area contributed by atoms with Gasteiger partial charge in [-0.2, -0.15) is 4.98 Å². The molecule has 32 heavy (non-hydrogen) atoms. The Hall–Kier alpha value is -2.91. The molecule has 8 nitrogen and oxygen atoms in total. The zero-order chi connectivity index (χ0) is 22.1. The Kier molecular flexibility index (Phi) is 5.60. The maximum absolute atomic E-state index is 12.7. The molecule has 0 N–H and O–H groups in total. The van der Waals surface area contributed by atoms with Crippen molar-refractivity contribution in [3.05, 3.63) is 47.2 Å². The standard InChI is InChI=1S/C23H26N4O4S/c1-23(2)13-16-5-3-6-17(21(16)30-23)29-15-20(28)27-10-8-26(9-11-27)14-19-24-22(25-31-19)18-7-4-12-32-18/h3-7,12H,8-11,13-15H2,1-2H3. The molecule has 5 rings (SSSR count). The first-order valence-electron chi connectivity index (χ1n) is 10.8. The maximum Gasteiger partial charge on any atom is 0.260 e. The van der Waals surface area contributed by atoms with E-state index in [1.807, 2.05) is 40.6 Å². The van der Waals surface area contributed by atoms with Crippen LogP contribution < -0.4 is 9.47 Å². The Morgan fingerprint density at radius 3 is 2.81 bits per heavy atom. The highest BCUT2D eigenvalue weighted by molar-refractivity contribution is 7.13. The van der Waals surface area contributed by atoms with Crippen molar-refractivity contribution in [2.45, 2.75) is 32.4 Å². The molecule has 0 bridgehead atoms. The first kappa shape index (κ1) is 21.0. The van der Waals surface area contributed by atoms with Gasteiger partial charge in [-0.15, -0.1) is 11.3 Å². The molecule has 0 unspecified atom stereocenters. The lowest BCUT2D eigenvalue weighted by Gasteiger charge is -2.33. The van der Waals surface area contributed by atoms with Gasteiger partial charge in [0.05, 0.1) is 11.4 Å². The predicted molar refractivity (Wildman–Crippen MR) is 120 cm³/mol. The van der Waals surface area contributed by atoms with Gasteiger partial charge in [0.25, 0.3) is 5.91 Å². The molecule has 1 saturated heterocycles. The van der Waals surface area contributed by atoms with Crippen LogP contribution in [0.2, 0.25) is 0 Å². The highest BCUT2D eigenvalue weighted by Gasteiger charge is 2.32. The van der Waals surface area contributed by atoms with Crippen molar-refractivity contribution in [1.82, 2.24) is 19.9 Å². The number of hydrogen-bond donors (Lipinski definition) is 0. The molecule has 2 aromatic heterocycles. The third-order valence-electron chi connectivity index (χ3n) is 5.70. The van der Waals surface area contributed by atoms with E-state index in [1.165, 1.54) is 0 Å². The summed E-state index contributed by atoms with van der Waals surface area (Å²) in [6.45, 7) is 7.49. The number of amides is 1. The van der Waals surface area contributed by atoms with Crippen molar-refractivity contribution in [3.63, 3.8) is 0 Å². The highest BCUT2D eigenvalue weighted by Crippen LogP contribution is 2.41.